The van der Waals surface area contributed by atoms with E-state index in [9.17, 15) is 4.79 Å². The number of carbonyl (C=O) groups excluding carboxylic acids is 1. The summed E-state index contributed by atoms with van der Waals surface area (Å²) in [5.74, 6) is -0.264. The van der Waals surface area contributed by atoms with E-state index in [4.69, 9.17) is 14.2 Å². The summed E-state index contributed by atoms with van der Waals surface area (Å²) in [6.07, 6.45) is 5.50. The van der Waals surface area contributed by atoms with Crippen molar-refractivity contribution in [2.24, 2.45) is 7.05 Å². The van der Waals surface area contributed by atoms with Crippen LogP contribution >= 0.6 is 0 Å². The lowest BCUT2D eigenvalue weighted by Gasteiger charge is -2.05. The smallest absolute Gasteiger partial charge is 0.348 e. The Labute approximate surface area is 114 Å². The minimum absolute atomic E-state index is 0. The second kappa shape index (κ2) is 10.5. The summed E-state index contributed by atoms with van der Waals surface area (Å²) in [6.45, 7) is 4.62. The zero-order valence-electron chi connectivity index (χ0n) is 11.0. The Balaban J connectivity index is 0.00000324. The molecule has 6 nitrogen and oxygen atoms in total. The Morgan fingerprint density at radius 2 is 1.89 bits per heavy atom. The highest BCUT2D eigenvalue weighted by Gasteiger charge is 2.08. The van der Waals surface area contributed by atoms with E-state index in [1.165, 1.54) is 0 Å². The van der Waals surface area contributed by atoms with Gasteiger partial charge in [-0.25, -0.2) is 13.9 Å². The third-order valence-corrected chi connectivity index (χ3v) is 2.20. The largest absolute Gasteiger partial charge is 0.460 e. The number of rotatable bonds is 9. The molecule has 0 saturated carbocycles. The minimum atomic E-state index is -0.264. The summed E-state index contributed by atoms with van der Waals surface area (Å²) in [5.41, 5.74) is 0. The van der Waals surface area contributed by atoms with E-state index in [0.717, 1.165) is 0 Å². The predicted octanol–water partition coefficient (Wildman–Crippen LogP) is 0.545. The third-order valence-electron chi connectivity index (χ3n) is 2.20. The number of imidazole rings is 1. The lowest BCUT2D eigenvalue weighted by molar-refractivity contribution is -0.671. The fraction of sp³-hybridized carbons (Fsp3) is 0.692. The molecule has 0 radical (unpaired) electrons. The van der Waals surface area contributed by atoms with Gasteiger partial charge < -0.3 is 14.2 Å². The molecular weight excluding hydrogens is 248 g/mol. The Morgan fingerprint density at radius 1 is 1.21 bits per heavy atom. The number of carbonyl (C=O) groups is 1. The maximum absolute atomic E-state index is 11.4. The van der Waals surface area contributed by atoms with E-state index < -0.39 is 0 Å². The molecule has 1 aromatic rings. The molecule has 0 aromatic carbocycles. The maximum atomic E-state index is 11.4. The first-order valence-electron chi connectivity index (χ1n) is 6.04. The monoisotopic (exact) mass is 273 g/mol. The van der Waals surface area contributed by atoms with Crippen LogP contribution in [0.4, 0.5) is 0 Å². The van der Waals surface area contributed by atoms with Gasteiger partial charge in [-0.15, -0.1) is 0 Å². The number of nitrogens with zero attached hydrogens (tertiary/aromatic N) is 2. The van der Waals surface area contributed by atoms with Crippen LogP contribution < -0.4 is 4.57 Å². The van der Waals surface area contributed by atoms with Gasteiger partial charge in [-0.3, -0.25) is 0 Å². The molecule has 6 heteroatoms. The van der Waals surface area contributed by atoms with Crippen LogP contribution in [-0.2, 0) is 32.6 Å². The van der Waals surface area contributed by atoms with Gasteiger partial charge in [-0.2, -0.15) is 0 Å². The van der Waals surface area contributed by atoms with E-state index >= 15 is 0 Å². The number of aromatic nitrogens is 2. The molecule has 1 aromatic heterocycles. The summed E-state index contributed by atoms with van der Waals surface area (Å²) in [6, 6.07) is 0. The van der Waals surface area contributed by atoms with Gasteiger partial charge in [0.2, 0.25) is 6.33 Å². The van der Waals surface area contributed by atoms with Crippen LogP contribution in [0, 0.1) is 0 Å². The van der Waals surface area contributed by atoms with Crippen molar-refractivity contribution in [2.45, 2.75) is 20.9 Å². The number of ether oxygens (including phenoxy) is 3. The third kappa shape index (κ3) is 8.34. The Hall–Kier alpha value is -1.40. The molecule has 0 atom stereocenters. The summed E-state index contributed by atoms with van der Waals surface area (Å²) in [4.78, 5) is 11.4. The molecule has 0 aliphatic heterocycles. The van der Waals surface area contributed by atoms with Crippen LogP contribution in [-0.4, -0.2) is 43.6 Å². The molecule has 0 fully saturated rings. The topological polar surface area (TPSA) is 53.6 Å². The highest BCUT2D eigenvalue weighted by atomic mass is 16.6. The second-order valence-corrected chi connectivity index (χ2v) is 3.78. The van der Waals surface area contributed by atoms with Crippen LogP contribution in [0.15, 0.2) is 18.7 Å². The number of esters is 1. The molecule has 0 N–H and O–H groups in total. The highest BCUT2D eigenvalue weighted by Crippen LogP contribution is 1.88. The van der Waals surface area contributed by atoms with Gasteiger partial charge in [0, 0.05) is 6.61 Å². The normalized spacial score (nSPS) is 10.0. The summed E-state index contributed by atoms with van der Waals surface area (Å²) >= 11 is 0. The fourth-order valence-corrected chi connectivity index (χ4v) is 1.37. The first-order chi connectivity index (χ1) is 8.72. The van der Waals surface area contributed by atoms with Crippen molar-refractivity contribution in [3.63, 3.8) is 0 Å². The molecule has 0 bridgehead atoms. The molecule has 0 unspecified atom stereocenters. The van der Waals surface area contributed by atoms with E-state index in [-0.39, 0.29) is 26.5 Å². The molecule has 0 saturated heterocycles. The molecule has 0 amide bonds. The summed E-state index contributed by atoms with van der Waals surface area (Å²) < 4.78 is 19.0. The number of aryl methyl sites for hydroxylation is 1. The van der Waals surface area contributed by atoms with Gasteiger partial charge >= 0.3 is 5.97 Å². The lowest BCUT2D eigenvalue weighted by atomic mass is 10.6. The van der Waals surface area contributed by atoms with Crippen molar-refractivity contribution in [2.75, 3.05) is 33.0 Å². The van der Waals surface area contributed by atoms with Crippen LogP contribution in [0.25, 0.3) is 0 Å². The van der Waals surface area contributed by atoms with Gasteiger partial charge in [0.25, 0.3) is 0 Å². The highest BCUT2D eigenvalue weighted by molar-refractivity contribution is 5.69. The van der Waals surface area contributed by atoms with Gasteiger partial charge in [0.15, 0.2) is 6.54 Å². The fourth-order valence-electron chi connectivity index (χ4n) is 1.37. The predicted molar refractivity (Wildman–Crippen MR) is 70.6 cm³/mol. The molecular formula is C13H25N2O4+. The van der Waals surface area contributed by atoms with Crippen molar-refractivity contribution in [3.05, 3.63) is 18.7 Å². The first-order valence-corrected chi connectivity index (χ1v) is 6.04. The van der Waals surface area contributed by atoms with Crippen molar-refractivity contribution in [1.29, 1.82) is 0 Å². The molecule has 19 heavy (non-hydrogen) atoms. The second-order valence-electron chi connectivity index (χ2n) is 3.78. The van der Waals surface area contributed by atoms with Gasteiger partial charge in [0.1, 0.15) is 19.0 Å². The van der Waals surface area contributed by atoms with E-state index in [0.29, 0.717) is 26.4 Å². The lowest BCUT2D eigenvalue weighted by Crippen LogP contribution is -2.24. The summed E-state index contributed by atoms with van der Waals surface area (Å²) in [7, 11) is 1.90. The SMILES string of the molecule is C.CCOCCOCCOC(=O)Cn1cc[n+](C)c1. The zero-order chi connectivity index (χ0) is 13.2. The quantitative estimate of drug-likeness (QED) is 0.374. The average molecular weight is 273 g/mol. The van der Waals surface area contributed by atoms with Crippen molar-refractivity contribution < 1.29 is 23.6 Å². The van der Waals surface area contributed by atoms with Crippen LogP contribution in [0.3, 0.4) is 0 Å². The van der Waals surface area contributed by atoms with Crippen LogP contribution in [0.5, 0.6) is 0 Å². The van der Waals surface area contributed by atoms with E-state index in [1.807, 2.05) is 37.3 Å². The van der Waals surface area contributed by atoms with Gasteiger partial charge in [-0.05, 0) is 6.92 Å². The molecule has 0 aliphatic rings. The Bertz CT molecular complexity index is 352. The van der Waals surface area contributed by atoms with Crippen LogP contribution in [0.2, 0.25) is 0 Å². The Kier molecular flexibility index (Phi) is 9.74. The number of hydrogen-bond donors (Lipinski definition) is 0. The summed E-state index contributed by atoms with van der Waals surface area (Å²) in [5, 5.41) is 0. The Morgan fingerprint density at radius 3 is 2.53 bits per heavy atom. The average Bonchev–Trinajstić information content (AvgIpc) is 2.73. The maximum Gasteiger partial charge on any atom is 0.348 e. The van der Waals surface area contributed by atoms with E-state index in [1.54, 1.807) is 4.57 Å². The zero-order valence-corrected chi connectivity index (χ0v) is 11.0. The van der Waals surface area contributed by atoms with Crippen molar-refractivity contribution >= 4 is 5.97 Å². The first kappa shape index (κ1) is 17.6. The molecule has 1 rings (SSSR count). The molecule has 0 spiro atoms. The van der Waals surface area contributed by atoms with Gasteiger partial charge in [-0.1, -0.05) is 7.43 Å². The van der Waals surface area contributed by atoms with Gasteiger partial charge in [0.05, 0.1) is 26.9 Å². The van der Waals surface area contributed by atoms with E-state index in [2.05, 4.69) is 0 Å². The molecule has 0 aliphatic carbocycles. The standard InChI is InChI=1S/C12H21N2O4.CH4/c1-3-16-6-7-17-8-9-18-12(15)10-14-5-4-13(2)11-14;/h4-5,11H,3,6-10H2,1-2H3;1H4/q+1;. The van der Waals surface area contributed by atoms with Crippen LogP contribution in [0.1, 0.15) is 14.4 Å². The minimum Gasteiger partial charge on any atom is -0.460 e. The number of hydrogen-bond acceptors (Lipinski definition) is 4. The molecule has 1 heterocycles. The van der Waals surface area contributed by atoms with Crippen molar-refractivity contribution in [3.8, 4) is 0 Å². The van der Waals surface area contributed by atoms with Crippen molar-refractivity contribution in [1.82, 2.24) is 4.57 Å². The molecule has 110 valence electrons.